The molecule has 0 aliphatic rings. The predicted molar refractivity (Wildman–Crippen MR) is 98.3 cm³/mol. The Hall–Kier alpha value is -3.40. The Labute approximate surface area is 144 Å². The van der Waals surface area contributed by atoms with Crippen molar-refractivity contribution in [3.8, 4) is 11.5 Å². The third kappa shape index (κ3) is 2.58. The number of oxazole rings is 1. The summed E-state index contributed by atoms with van der Waals surface area (Å²) in [7, 11) is 0. The second-order valence-electron chi connectivity index (χ2n) is 6.06. The molecule has 4 nitrogen and oxygen atoms in total. The van der Waals surface area contributed by atoms with E-state index in [0.29, 0.717) is 5.89 Å². The summed E-state index contributed by atoms with van der Waals surface area (Å²) < 4.78 is 5.86. The first-order chi connectivity index (χ1) is 12.3. The highest BCUT2D eigenvalue weighted by molar-refractivity contribution is 5.82. The number of imidazole rings is 1. The SMILES string of the molecule is c1ccc(Cc2nc3ccc(-c4nc5ccccc5o4)cc3[nH]2)cc1. The standard InChI is InChI=1S/C21H15N3O/c1-2-6-14(7-3-1)12-20-22-16-11-10-15(13-18(16)23-20)21-24-17-8-4-5-9-19(17)25-21/h1-11,13H,12H2,(H,22,23). The summed E-state index contributed by atoms with van der Waals surface area (Å²) in [5.41, 5.74) is 5.79. The van der Waals surface area contributed by atoms with Gasteiger partial charge in [0.15, 0.2) is 5.58 Å². The van der Waals surface area contributed by atoms with Gasteiger partial charge in [-0.25, -0.2) is 9.97 Å². The minimum Gasteiger partial charge on any atom is -0.436 e. The number of aromatic nitrogens is 3. The predicted octanol–water partition coefficient (Wildman–Crippen LogP) is 4.96. The van der Waals surface area contributed by atoms with Crippen LogP contribution in [0.25, 0.3) is 33.6 Å². The molecule has 5 rings (SSSR count). The summed E-state index contributed by atoms with van der Waals surface area (Å²) in [6.45, 7) is 0. The molecule has 0 radical (unpaired) electrons. The maximum Gasteiger partial charge on any atom is 0.227 e. The number of fused-ring (bicyclic) bond motifs is 2. The summed E-state index contributed by atoms with van der Waals surface area (Å²) in [4.78, 5) is 12.6. The van der Waals surface area contributed by atoms with Gasteiger partial charge in [0.25, 0.3) is 0 Å². The number of nitrogens with zero attached hydrogens (tertiary/aromatic N) is 2. The quantitative estimate of drug-likeness (QED) is 0.510. The number of benzene rings is 3. The van der Waals surface area contributed by atoms with Crippen LogP contribution in [0.1, 0.15) is 11.4 Å². The first-order valence-corrected chi connectivity index (χ1v) is 8.24. The molecule has 0 bridgehead atoms. The van der Waals surface area contributed by atoms with Crippen LogP contribution in [0.2, 0.25) is 0 Å². The van der Waals surface area contributed by atoms with Crippen LogP contribution in [-0.2, 0) is 6.42 Å². The fourth-order valence-electron chi connectivity index (χ4n) is 3.06. The zero-order valence-corrected chi connectivity index (χ0v) is 13.4. The van der Waals surface area contributed by atoms with Gasteiger partial charge in [-0.2, -0.15) is 0 Å². The highest BCUT2D eigenvalue weighted by Gasteiger charge is 2.10. The molecule has 0 aliphatic carbocycles. The second kappa shape index (κ2) is 5.60. The summed E-state index contributed by atoms with van der Waals surface area (Å²) in [6, 6.07) is 24.2. The third-order valence-electron chi connectivity index (χ3n) is 4.29. The maximum atomic E-state index is 5.86. The zero-order valence-electron chi connectivity index (χ0n) is 13.4. The maximum absolute atomic E-state index is 5.86. The molecule has 0 amide bonds. The van der Waals surface area contributed by atoms with E-state index in [1.807, 2.05) is 60.7 Å². The van der Waals surface area contributed by atoms with Gasteiger partial charge >= 0.3 is 0 Å². The molecule has 5 aromatic rings. The molecule has 4 heteroatoms. The number of nitrogens with one attached hydrogen (secondary N) is 1. The molecule has 0 saturated carbocycles. The Morgan fingerprint density at radius 1 is 0.800 bits per heavy atom. The van der Waals surface area contributed by atoms with E-state index >= 15 is 0 Å². The van der Waals surface area contributed by atoms with Crippen molar-refractivity contribution in [2.45, 2.75) is 6.42 Å². The van der Waals surface area contributed by atoms with Gasteiger partial charge < -0.3 is 9.40 Å². The summed E-state index contributed by atoms with van der Waals surface area (Å²) in [5.74, 6) is 1.58. The minimum atomic E-state index is 0.627. The van der Waals surface area contributed by atoms with Crippen molar-refractivity contribution in [3.63, 3.8) is 0 Å². The molecule has 25 heavy (non-hydrogen) atoms. The van der Waals surface area contributed by atoms with E-state index in [1.165, 1.54) is 5.56 Å². The molecule has 0 saturated heterocycles. The second-order valence-corrected chi connectivity index (χ2v) is 6.06. The zero-order chi connectivity index (χ0) is 16.6. The number of aromatic amines is 1. The molecule has 1 N–H and O–H groups in total. The van der Waals surface area contributed by atoms with Crippen molar-refractivity contribution >= 4 is 22.1 Å². The van der Waals surface area contributed by atoms with Crippen LogP contribution in [0, 0.1) is 0 Å². The lowest BCUT2D eigenvalue weighted by Gasteiger charge is -1.96. The Bertz CT molecular complexity index is 1140. The van der Waals surface area contributed by atoms with Crippen molar-refractivity contribution in [2.75, 3.05) is 0 Å². The fraction of sp³-hybridized carbons (Fsp3) is 0.0476. The minimum absolute atomic E-state index is 0.627. The highest BCUT2D eigenvalue weighted by atomic mass is 16.3. The molecule has 120 valence electrons. The average molecular weight is 325 g/mol. The van der Waals surface area contributed by atoms with Crippen molar-refractivity contribution in [1.29, 1.82) is 0 Å². The molecule has 0 unspecified atom stereocenters. The van der Waals surface area contributed by atoms with Crippen LogP contribution in [0.3, 0.4) is 0 Å². The van der Waals surface area contributed by atoms with E-state index in [1.54, 1.807) is 0 Å². The topological polar surface area (TPSA) is 54.7 Å². The molecule has 2 heterocycles. The number of rotatable bonds is 3. The van der Waals surface area contributed by atoms with E-state index < -0.39 is 0 Å². The largest absolute Gasteiger partial charge is 0.436 e. The Kier molecular flexibility index (Phi) is 3.13. The van der Waals surface area contributed by atoms with E-state index in [0.717, 1.165) is 39.9 Å². The highest BCUT2D eigenvalue weighted by Crippen LogP contribution is 2.26. The van der Waals surface area contributed by atoms with Gasteiger partial charge in [-0.1, -0.05) is 42.5 Å². The van der Waals surface area contributed by atoms with Crippen molar-refractivity contribution in [1.82, 2.24) is 15.0 Å². The summed E-state index contributed by atoms with van der Waals surface area (Å²) >= 11 is 0. The van der Waals surface area contributed by atoms with Gasteiger partial charge in [0.2, 0.25) is 5.89 Å². The van der Waals surface area contributed by atoms with Crippen LogP contribution in [0.5, 0.6) is 0 Å². The van der Waals surface area contributed by atoms with Crippen LogP contribution >= 0.6 is 0 Å². The van der Waals surface area contributed by atoms with E-state index in [-0.39, 0.29) is 0 Å². The lowest BCUT2D eigenvalue weighted by molar-refractivity contribution is 0.620. The monoisotopic (exact) mass is 325 g/mol. The van der Waals surface area contributed by atoms with Gasteiger partial charge in [0, 0.05) is 12.0 Å². The molecule has 0 fully saturated rings. The number of H-pyrrole nitrogens is 1. The van der Waals surface area contributed by atoms with Gasteiger partial charge in [0.05, 0.1) is 11.0 Å². The first-order valence-electron chi connectivity index (χ1n) is 8.24. The van der Waals surface area contributed by atoms with Gasteiger partial charge in [-0.05, 0) is 35.9 Å². The van der Waals surface area contributed by atoms with Gasteiger partial charge in [0.1, 0.15) is 11.3 Å². The molecular weight excluding hydrogens is 310 g/mol. The average Bonchev–Trinajstić information content (AvgIpc) is 3.25. The van der Waals surface area contributed by atoms with Crippen LogP contribution in [0.4, 0.5) is 0 Å². The van der Waals surface area contributed by atoms with Crippen LogP contribution in [0.15, 0.2) is 77.2 Å². The number of para-hydroxylation sites is 2. The Morgan fingerprint density at radius 3 is 2.52 bits per heavy atom. The normalized spacial score (nSPS) is 11.4. The van der Waals surface area contributed by atoms with Gasteiger partial charge in [-0.15, -0.1) is 0 Å². The molecule has 0 atom stereocenters. The first kappa shape index (κ1) is 14.0. The summed E-state index contributed by atoms with van der Waals surface area (Å²) in [5, 5.41) is 0. The van der Waals surface area contributed by atoms with E-state index in [9.17, 15) is 0 Å². The van der Waals surface area contributed by atoms with Crippen LogP contribution in [-0.4, -0.2) is 15.0 Å². The lowest BCUT2D eigenvalue weighted by atomic mass is 10.1. The summed E-state index contributed by atoms with van der Waals surface area (Å²) in [6.07, 6.45) is 0.785. The van der Waals surface area contributed by atoms with Gasteiger partial charge in [-0.3, -0.25) is 0 Å². The van der Waals surface area contributed by atoms with Crippen LogP contribution < -0.4 is 0 Å². The Balaban J connectivity index is 1.53. The molecule has 3 aromatic carbocycles. The van der Waals surface area contributed by atoms with Crippen molar-refractivity contribution < 1.29 is 4.42 Å². The number of hydrogen-bond donors (Lipinski definition) is 1. The van der Waals surface area contributed by atoms with Crippen molar-refractivity contribution in [2.24, 2.45) is 0 Å². The molecule has 2 aromatic heterocycles. The lowest BCUT2D eigenvalue weighted by Crippen LogP contribution is -1.89. The third-order valence-corrected chi connectivity index (χ3v) is 4.29. The van der Waals surface area contributed by atoms with E-state index in [4.69, 9.17) is 4.42 Å². The smallest absolute Gasteiger partial charge is 0.227 e. The molecular formula is C21H15N3O. The van der Waals surface area contributed by atoms with Crippen molar-refractivity contribution in [3.05, 3.63) is 84.2 Å². The fourth-order valence-corrected chi connectivity index (χ4v) is 3.06. The molecule has 0 spiro atoms. The molecule has 0 aliphatic heterocycles. The van der Waals surface area contributed by atoms with E-state index in [2.05, 4.69) is 27.1 Å². The Morgan fingerprint density at radius 2 is 1.64 bits per heavy atom. The number of hydrogen-bond acceptors (Lipinski definition) is 3.